The Morgan fingerprint density at radius 2 is 1.83 bits per heavy atom. The maximum Gasteiger partial charge on any atom is 0.573 e. The number of amides is 1. The molecule has 0 saturated carbocycles. The Kier molecular flexibility index (Phi) is 7.00. The summed E-state index contributed by atoms with van der Waals surface area (Å²) in [6, 6.07) is 10.6. The van der Waals surface area contributed by atoms with Crippen LogP contribution in [-0.4, -0.2) is 34.6 Å². The number of carbonyl (C=O) groups is 2. The summed E-state index contributed by atoms with van der Waals surface area (Å²) in [6.45, 7) is 1.62. The van der Waals surface area contributed by atoms with E-state index in [1.54, 1.807) is 19.1 Å². The Labute approximate surface area is 209 Å². The topological polar surface area (TPSA) is 99.5 Å². The number of ether oxygens (including phenoxy) is 2. The molecular formula is C23H15ClF3N3O5S. The van der Waals surface area contributed by atoms with Crippen molar-refractivity contribution in [1.29, 1.82) is 0 Å². The van der Waals surface area contributed by atoms with Crippen molar-refractivity contribution in [3.8, 4) is 11.4 Å². The van der Waals surface area contributed by atoms with Crippen LogP contribution < -0.4 is 15.6 Å². The number of anilines is 1. The van der Waals surface area contributed by atoms with Crippen molar-refractivity contribution in [1.82, 2.24) is 9.78 Å². The lowest BCUT2D eigenvalue weighted by Gasteiger charge is -2.12. The quantitative estimate of drug-likeness (QED) is 0.329. The van der Waals surface area contributed by atoms with E-state index in [2.05, 4.69) is 15.2 Å². The maximum atomic E-state index is 13.4. The SMILES string of the molecule is CCOC(=O)c1nn(-c2ccc(OC(F)(F)F)cc2)c(=O)c2c(NC(=O)c3ccccc3Cl)scc12. The van der Waals surface area contributed by atoms with Gasteiger partial charge >= 0.3 is 12.3 Å². The van der Waals surface area contributed by atoms with Crippen LogP contribution in [-0.2, 0) is 4.74 Å². The molecule has 2 aromatic heterocycles. The van der Waals surface area contributed by atoms with Crippen LogP contribution in [0.2, 0.25) is 5.02 Å². The molecule has 0 spiro atoms. The molecule has 0 fully saturated rings. The third-order valence-corrected chi connectivity index (χ3v) is 6.01. The van der Waals surface area contributed by atoms with E-state index in [1.165, 1.54) is 29.6 Å². The second-order valence-electron chi connectivity index (χ2n) is 7.12. The Morgan fingerprint density at radius 1 is 1.14 bits per heavy atom. The number of rotatable bonds is 6. The van der Waals surface area contributed by atoms with Gasteiger partial charge in [0.05, 0.1) is 28.3 Å². The smallest absolute Gasteiger partial charge is 0.461 e. The van der Waals surface area contributed by atoms with Gasteiger partial charge in [0.25, 0.3) is 11.5 Å². The Bertz CT molecular complexity index is 1520. The van der Waals surface area contributed by atoms with Crippen molar-refractivity contribution < 1.29 is 32.2 Å². The lowest BCUT2D eigenvalue weighted by molar-refractivity contribution is -0.274. The third kappa shape index (κ3) is 5.19. The van der Waals surface area contributed by atoms with Crippen molar-refractivity contribution in [2.45, 2.75) is 13.3 Å². The molecule has 0 aliphatic heterocycles. The maximum absolute atomic E-state index is 13.4. The zero-order valence-corrected chi connectivity index (χ0v) is 19.8. The fourth-order valence-electron chi connectivity index (χ4n) is 3.27. The van der Waals surface area contributed by atoms with Crippen LogP contribution in [0.1, 0.15) is 27.8 Å². The zero-order valence-electron chi connectivity index (χ0n) is 18.3. The van der Waals surface area contributed by atoms with Gasteiger partial charge in [0.15, 0.2) is 5.69 Å². The van der Waals surface area contributed by atoms with Gasteiger partial charge in [-0.1, -0.05) is 23.7 Å². The van der Waals surface area contributed by atoms with Crippen LogP contribution in [0, 0.1) is 0 Å². The van der Waals surface area contributed by atoms with Gasteiger partial charge in [-0.25, -0.2) is 4.79 Å². The fraction of sp³-hybridized carbons (Fsp3) is 0.130. The molecule has 8 nitrogen and oxygen atoms in total. The minimum atomic E-state index is -4.89. The molecule has 186 valence electrons. The van der Waals surface area contributed by atoms with E-state index in [9.17, 15) is 27.6 Å². The normalized spacial score (nSPS) is 11.4. The lowest BCUT2D eigenvalue weighted by Crippen LogP contribution is -2.25. The highest BCUT2D eigenvalue weighted by Gasteiger charge is 2.31. The number of benzene rings is 2. The van der Waals surface area contributed by atoms with Gasteiger partial charge in [-0.2, -0.15) is 9.78 Å². The molecular weight excluding hydrogens is 523 g/mol. The number of hydrogen-bond donors (Lipinski definition) is 1. The van der Waals surface area contributed by atoms with Gasteiger partial charge in [0.2, 0.25) is 0 Å². The molecule has 2 aromatic carbocycles. The van der Waals surface area contributed by atoms with Crippen LogP contribution >= 0.6 is 22.9 Å². The molecule has 4 aromatic rings. The van der Waals surface area contributed by atoms with Crippen LogP contribution in [0.15, 0.2) is 58.7 Å². The zero-order chi connectivity index (χ0) is 26.0. The summed E-state index contributed by atoms with van der Waals surface area (Å²) >= 11 is 7.08. The Hall–Kier alpha value is -3.90. The summed E-state index contributed by atoms with van der Waals surface area (Å²) in [5.74, 6) is -1.91. The van der Waals surface area contributed by atoms with Crippen molar-refractivity contribution in [2.75, 3.05) is 11.9 Å². The van der Waals surface area contributed by atoms with Crippen LogP contribution in [0.5, 0.6) is 5.75 Å². The predicted octanol–water partition coefficient (Wildman–Crippen LogP) is 5.43. The summed E-state index contributed by atoms with van der Waals surface area (Å²) < 4.78 is 47.2. The van der Waals surface area contributed by atoms with Gasteiger partial charge in [0, 0.05) is 10.8 Å². The number of halogens is 4. The van der Waals surface area contributed by atoms with Gasteiger partial charge in [-0.15, -0.1) is 24.5 Å². The highest BCUT2D eigenvalue weighted by Crippen LogP contribution is 2.32. The molecule has 0 aliphatic carbocycles. The van der Waals surface area contributed by atoms with E-state index < -0.39 is 29.5 Å². The van der Waals surface area contributed by atoms with E-state index in [-0.39, 0.29) is 44.3 Å². The molecule has 36 heavy (non-hydrogen) atoms. The van der Waals surface area contributed by atoms with Crippen LogP contribution in [0.4, 0.5) is 18.2 Å². The minimum Gasteiger partial charge on any atom is -0.461 e. The number of nitrogens with zero attached hydrogens (tertiary/aromatic N) is 2. The average molecular weight is 538 g/mol. The molecule has 0 aliphatic rings. The third-order valence-electron chi connectivity index (χ3n) is 4.78. The number of nitrogens with one attached hydrogen (secondary N) is 1. The highest BCUT2D eigenvalue weighted by atomic mass is 35.5. The van der Waals surface area contributed by atoms with Crippen molar-refractivity contribution in [3.63, 3.8) is 0 Å². The largest absolute Gasteiger partial charge is 0.573 e. The minimum absolute atomic E-state index is 0.0326. The molecule has 1 N–H and O–H groups in total. The Balaban J connectivity index is 1.83. The van der Waals surface area contributed by atoms with E-state index in [0.717, 1.165) is 28.2 Å². The first-order valence-electron chi connectivity index (χ1n) is 10.2. The molecule has 2 heterocycles. The number of thiophene rings is 1. The first kappa shape index (κ1) is 25.2. The molecule has 0 atom stereocenters. The number of fused-ring (bicyclic) bond motifs is 1. The summed E-state index contributed by atoms with van der Waals surface area (Å²) in [5.41, 5.74) is -0.715. The van der Waals surface area contributed by atoms with Crippen molar-refractivity contribution in [2.24, 2.45) is 0 Å². The number of aromatic nitrogens is 2. The van der Waals surface area contributed by atoms with Crippen LogP contribution in [0.3, 0.4) is 0 Å². The molecule has 0 bridgehead atoms. The number of hydrogen-bond acceptors (Lipinski definition) is 7. The second-order valence-corrected chi connectivity index (χ2v) is 8.40. The van der Waals surface area contributed by atoms with Gasteiger partial charge in [-0.05, 0) is 43.3 Å². The van der Waals surface area contributed by atoms with E-state index in [0.29, 0.717) is 0 Å². The predicted molar refractivity (Wildman–Crippen MR) is 127 cm³/mol. The van der Waals surface area contributed by atoms with Crippen molar-refractivity contribution in [3.05, 3.63) is 80.5 Å². The lowest BCUT2D eigenvalue weighted by atomic mass is 10.2. The highest BCUT2D eigenvalue weighted by molar-refractivity contribution is 7.16. The molecule has 0 unspecified atom stereocenters. The van der Waals surface area contributed by atoms with Gasteiger partial charge < -0.3 is 14.8 Å². The molecule has 0 saturated heterocycles. The van der Waals surface area contributed by atoms with Crippen molar-refractivity contribution >= 4 is 50.6 Å². The standard InChI is InChI=1S/C23H15ClF3N3O5S/c1-2-34-22(33)18-15-11-36-20(28-19(31)14-5-3-4-6-16(14)24)17(15)21(32)30(29-18)12-7-9-13(10-8-12)35-23(25,26)27/h3-11H,2H2,1H3,(H,28,31). The first-order valence-corrected chi connectivity index (χ1v) is 11.5. The van der Waals surface area contributed by atoms with E-state index >= 15 is 0 Å². The second kappa shape index (κ2) is 9.99. The van der Waals surface area contributed by atoms with Gasteiger partial charge in [0.1, 0.15) is 10.8 Å². The Morgan fingerprint density at radius 3 is 2.47 bits per heavy atom. The summed E-state index contributed by atoms with van der Waals surface area (Å²) in [6.07, 6.45) is -4.89. The fourth-order valence-corrected chi connectivity index (χ4v) is 4.43. The summed E-state index contributed by atoms with van der Waals surface area (Å²) in [4.78, 5) is 38.8. The number of carbonyl (C=O) groups excluding carboxylic acids is 2. The molecule has 13 heteroatoms. The monoisotopic (exact) mass is 537 g/mol. The summed E-state index contributed by atoms with van der Waals surface area (Å²) in [7, 11) is 0. The molecule has 0 radical (unpaired) electrons. The molecule has 4 rings (SSSR count). The molecule has 1 amide bonds. The number of alkyl halides is 3. The first-order chi connectivity index (χ1) is 17.1. The summed E-state index contributed by atoms with van der Waals surface area (Å²) in [5, 5.41) is 8.64. The van der Waals surface area contributed by atoms with E-state index in [4.69, 9.17) is 16.3 Å². The number of esters is 1. The van der Waals surface area contributed by atoms with E-state index in [1.807, 2.05) is 0 Å². The van der Waals surface area contributed by atoms with Crippen LogP contribution in [0.25, 0.3) is 16.5 Å². The average Bonchev–Trinajstić information content (AvgIpc) is 3.23. The van der Waals surface area contributed by atoms with Gasteiger partial charge in [-0.3, -0.25) is 9.59 Å².